The maximum Gasteiger partial charge on any atom is 0.347 e. The fourth-order valence-corrected chi connectivity index (χ4v) is 5.06. The van der Waals surface area contributed by atoms with Crippen molar-refractivity contribution in [2.75, 3.05) is 13.1 Å². The summed E-state index contributed by atoms with van der Waals surface area (Å²) in [5.41, 5.74) is 2.28. The summed E-state index contributed by atoms with van der Waals surface area (Å²) in [5.74, 6) is 0.589. The molecule has 1 aliphatic heterocycles. The first-order valence-electron chi connectivity index (χ1n) is 12.9. The molecule has 2 atom stereocenters. The normalized spacial score (nSPS) is 16.7. The minimum Gasteiger partial charge on any atom is -0.489 e. The van der Waals surface area contributed by atoms with Gasteiger partial charge in [-0.15, -0.1) is 12.4 Å². The minimum atomic E-state index is -1.30. The van der Waals surface area contributed by atoms with Gasteiger partial charge in [0.1, 0.15) is 17.6 Å². The Morgan fingerprint density at radius 2 is 1.74 bits per heavy atom. The Bertz CT molecular complexity index is 1400. The molecule has 5 rings (SSSR count). The number of benzene rings is 4. The van der Waals surface area contributed by atoms with Gasteiger partial charge in [0, 0.05) is 18.0 Å². The smallest absolute Gasteiger partial charge is 0.347 e. The molecule has 0 fully saturated rings. The molecule has 4 aromatic rings. The second kappa shape index (κ2) is 11.9. The Morgan fingerprint density at radius 3 is 2.58 bits per heavy atom. The number of halogens is 1. The molecule has 4 aromatic carbocycles. The van der Waals surface area contributed by atoms with E-state index in [2.05, 4.69) is 59.9 Å². The number of hydrogen-bond donors (Lipinski definition) is 2. The van der Waals surface area contributed by atoms with Crippen molar-refractivity contribution < 1.29 is 19.4 Å². The van der Waals surface area contributed by atoms with Crippen molar-refractivity contribution in [3.8, 4) is 11.5 Å². The summed E-state index contributed by atoms with van der Waals surface area (Å²) in [6.45, 7) is 4.74. The lowest BCUT2D eigenvalue weighted by atomic mass is 9.84. The lowest BCUT2D eigenvalue weighted by Gasteiger charge is -2.33. The fraction of sp³-hybridized carbons (Fsp3) is 0.281. The van der Waals surface area contributed by atoms with Crippen LogP contribution in [0.3, 0.4) is 0 Å². The summed E-state index contributed by atoms with van der Waals surface area (Å²) in [4.78, 5) is 11.6. The lowest BCUT2D eigenvalue weighted by Crippen LogP contribution is -2.38. The fourth-order valence-electron chi connectivity index (χ4n) is 5.06. The summed E-state index contributed by atoms with van der Waals surface area (Å²) in [7, 11) is 0. The van der Waals surface area contributed by atoms with Crippen LogP contribution in [0.2, 0.25) is 0 Å². The van der Waals surface area contributed by atoms with E-state index in [-0.39, 0.29) is 24.4 Å². The highest BCUT2D eigenvalue weighted by atomic mass is 35.5. The highest BCUT2D eigenvalue weighted by Gasteiger charge is 2.31. The van der Waals surface area contributed by atoms with Crippen molar-refractivity contribution in [3.05, 3.63) is 108 Å². The summed E-state index contributed by atoms with van der Waals surface area (Å²) < 4.78 is 12.2. The van der Waals surface area contributed by atoms with E-state index in [0.29, 0.717) is 5.75 Å². The van der Waals surface area contributed by atoms with E-state index in [1.54, 1.807) is 13.8 Å². The van der Waals surface area contributed by atoms with Crippen LogP contribution in [0, 0.1) is 0 Å². The Hall–Kier alpha value is -3.54. The van der Waals surface area contributed by atoms with Crippen LogP contribution in [0.5, 0.6) is 11.5 Å². The molecule has 2 unspecified atom stereocenters. The average molecular weight is 532 g/mol. The third-order valence-electron chi connectivity index (χ3n) is 7.06. The van der Waals surface area contributed by atoms with Crippen molar-refractivity contribution in [2.45, 2.75) is 44.3 Å². The Morgan fingerprint density at radius 1 is 1.00 bits per heavy atom. The van der Waals surface area contributed by atoms with Gasteiger partial charge in [0.25, 0.3) is 0 Å². The van der Waals surface area contributed by atoms with E-state index in [0.717, 1.165) is 42.8 Å². The van der Waals surface area contributed by atoms with Crippen LogP contribution >= 0.6 is 12.4 Å². The lowest BCUT2D eigenvalue weighted by molar-refractivity contribution is -0.152. The van der Waals surface area contributed by atoms with E-state index in [1.807, 2.05) is 36.4 Å². The zero-order valence-corrected chi connectivity index (χ0v) is 22.5. The number of carboxylic acid groups (broad SMARTS) is 1. The minimum absolute atomic E-state index is 0. The van der Waals surface area contributed by atoms with Crippen molar-refractivity contribution in [2.24, 2.45) is 0 Å². The van der Waals surface area contributed by atoms with E-state index in [9.17, 15) is 9.90 Å². The van der Waals surface area contributed by atoms with E-state index in [4.69, 9.17) is 9.47 Å². The number of rotatable bonds is 9. The molecule has 0 saturated carbocycles. The summed E-state index contributed by atoms with van der Waals surface area (Å²) in [6.07, 6.45) is 1.80. The Kier molecular flexibility index (Phi) is 8.60. The molecule has 0 saturated heterocycles. The van der Waals surface area contributed by atoms with Gasteiger partial charge in [-0.1, -0.05) is 72.8 Å². The molecule has 0 spiro atoms. The molecule has 1 aliphatic rings. The molecule has 0 amide bonds. The predicted octanol–water partition coefficient (Wildman–Crippen LogP) is 6.62. The van der Waals surface area contributed by atoms with Gasteiger partial charge >= 0.3 is 5.97 Å². The Labute approximate surface area is 230 Å². The molecule has 0 radical (unpaired) electrons. The van der Waals surface area contributed by atoms with Gasteiger partial charge in [0.05, 0.1) is 0 Å². The maximum absolute atomic E-state index is 11.6. The van der Waals surface area contributed by atoms with E-state index >= 15 is 0 Å². The van der Waals surface area contributed by atoms with Gasteiger partial charge in [0.2, 0.25) is 0 Å². The van der Waals surface area contributed by atoms with Gasteiger partial charge < -0.3 is 19.9 Å². The first-order valence-corrected chi connectivity index (χ1v) is 12.9. The second-order valence-corrected chi connectivity index (χ2v) is 10.1. The molecular formula is C32H34ClNO4. The molecule has 0 aromatic heterocycles. The number of hydrogen-bond acceptors (Lipinski definition) is 4. The quantitative estimate of drug-likeness (QED) is 0.238. The van der Waals surface area contributed by atoms with Crippen LogP contribution in [0.25, 0.3) is 10.8 Å². The molecule has 198 valence electrons. The number of fused-ring (bicyclic) bond motifs is 2. The second-order valence-electron chi connectivity index (χ2n) is 10.1. The third-order valence-corrected chi connectivity index (χ3v) is 7.06. The zero-order chi connectivity index (χ0) is 25.8. The van der Waals surface area contributed by atoms with Crippen LogP contribution in [0.1, 0.15) is 42.9 Å². The van der Waals surface area contributed by atoms with Crippen LogP contribution in [0.15, 0.2) is 91.0 Å². The molecular weight excluding hydrogens is 498 g/mol. The van der Waals surface area contributed by atoms with Crippen LogP contribution in [-0.4, -0.2) is 35.9 Å². The number of ether oxygens (including phenoxy) is 2. The number of carbonyl (C=O) groups is 1. The molecule has 2 N–H and O–H groups in total. The van der Waals surface area contributed by atoms with E-state index < -0.39 is 11.6 Å². The molecule has 6 heteroatoms. The molecule has 38 heavy (non-hydrogen) atoms. The van der Waals surface area contributed by atoms with Gasteiger partial charge in [-0.25, -0.2) is 4.79 Å². The molecule has 5 nitrogen and oxygen atoms in total. The summed E-state index contributed by atoms with van der Waals surface area (Å²) in [6, 6.07) is 30.9. The van der Waals surface area contributed by atoms with Crippen LogP contribution < -0.4 is 14.8 Å². The topological polar surface area (TPSA) is 67.8 Å². The van der Waals surface area contributed by atoms with Gasteiger partial charge in [-0.2, -0.15) is 0 Å². The number of carboxylic acids is 1. The first kappa shape index (κ1) is 27.5. The summed E-state index contributed by atoms with van der Waals surface area (Å²) in [5, 5.41) is 15.7. The van der Waals surface area contributed by atoms with Gasteiger partial charge in [-0.3, -0.25) is 0 Å². The largest absolute Gasteiger partial charge is 0.489 e. The monoisotopic (exact) mass is 531 g/mol. The predicted molar refractivity (Wildman–Crippen MR) is 154 cm³/mol. The van der Waals surface area contributed by atoms with E-state index in [1.165, 1.54) is 16.3 Å². The maximum atomic E-state index is 11.6. The molecule has 1 heterocycles. The van der Waals surface area contributed by atoms with Crippen molar-refractivity contribution in [3.63, 3.8) is 0 Å². The SMILES string of the molecule is CC(C)(Oc1cccc(C2CC(CNCCc3cccc4ccccc34)Oc3ccccc32)c1)C(=O)O.Cl. The first-order chi connectivity index (χ1) is 17.9. The Balaban J connectivity index is 0.00000336. The molecule has 0 aliphatic carbocycles. The third kappa shape index (κ3) is 6.12. The number of para-hydroxylation sites is 1. The average Bonchev–Trinajstić information content (AvgIpc) is 2.90. The van der Waals surface area contributed by atoms with Crippen LogP contribution in [-0.2, 0) is 11.2 Å². The van der Waals surface area contributed by atoms with Gasteiger partial charge in [-0.05, 0) is 73.3 Å². The molecule has 0 bridgehead atoms. The summed E-state index contributed by atoms with van der Waals surface area (Å²) >= 11 is 0. The van der Waals surface area contributed by atoms with Crippen LogP contribution in [0.4, 0.5) is 0 Å². The standard InChI is InChI=1S/C32H33NO4.ClH/c1-32(2,31(34)35)37-25-13-8-12-24(19-25)29-20-26(36-30-16-6-5-15-28(29)30)21-33-18-17-23-11-7-10-22-9-3-4-14-27(22)23;/h3-16,19,26,29,33H,17-18,20-21H2,1-2H3,(H,34,35);1H. The number of aliphatic carboxylic acids is 1. The number of nitrogens with one attached hydrogen (secondary N) is 1. The zero-order valence-electron chi connectivity index (χ0n) is 21.7. The highest BCUT2D eigenvalue weighted by Crippen LogP contribution is 2.41. The highest BCUT2D eigenvalue weighted by molar-refractivity contribution is 5.86. The van der Waals surface area contributed by atoms with Crippen molar-refractivity contribution >= 4 is 29.1 Å². The van der Waals surface area contributed by atoms with Crippen molar-refractivity contribution in [1.29, 1.82) is 0 Å². The van der Waals surface area contributed by atoms with Gasteiger partial charge in [0.15, 0.2) is 5.60 Å². The van der Waals surface area contributed by atoms with Crippen molar-refractivity contribution in [1.82, 2.24) is 5.32 Å².